The predicted octanol–water partition coefficient (Wildman–Crippen LogP) is -0.306. The van der Waals surface area contributed by atoms with E-state index in [0.29, 0.717) is 0 Å². The third kappa shape index (κ3) is 1.94. The molecule has 0 fully saturated rings. The van der Waals surface area contributed by atoms with Gasteiger partial charge < -0.3 is 5.73 Å². The van der Waals surface area contributed by atoms with E-state index in [1.54, 1.807) is 0 Å². The lowest BCUT2D eigenvalue weighted by atomic mass is 10.7. The van der Waals surface area contributed by atoms with Crippen LogP contribution in [0.2, 0.25) is 0 Å². The van der Waals surface area contributed by atoms with Crippen LogP contribution in [0, 0.1) is 0 Å². The highest BCUT2D eigenvalue weighted by Gasteiger charge is 2.04. The normalized spacial score (nSPS) is 14.0. The van der Waals surface area contributed by atoms with Crippen molar-refractivity contribution in [3.8, 4) is 0 Å². The minimum atomic E-state index is -4.11. The third-order valence-electron chi connectivity index (χ3n) is 0.582. The second kappa shape index (κ2) is 2.15. The molecule has 0 aromatic carbocycles. The summed E-state index contributed by atoms with van der Waals surface area (Å²) >= 11 is 0. The number of hydrogen-bond donors (Lipinski definition) is 2. The van der Waals surface area contributed by atoms with Gasteiger partial charge in [-0.1, -0.05) is 6.08 Å². The van der Waals surface area contributed by atoms with Gasteiger partial charge in [-0.15, -0.1) is 0 Å². The van der Waals surface area contributed by atoms with Crippen molar-refractivity contribution in [3.63, 3.8) is 0 Å². The Kier molecular flexibility index (Phi) is 2.00. The summed E-state index contributed by atoms with van der Waals surface area (Å²) in [5, 5.41) is -0.516. The quantitative estimate of drug-likeness (QED) is 0.486. The van der Waals surface area contributed by atoms with Crippen molar-refractivity contribution in [1.82, 2.24) is 0 Å². The molecule has 0 radical (unpaired) electrons. The molecule has 0 amide bonds. The summed E-state index contributed by atoms with van der Waals surface area (Å²) in [5.74, 6) is 0. The smallest absolute Gasteiger partial charge is 0.309 e. The maximum absolute atomic E-state index is 9.92. The van der Waals surface area contributed by atoms with Crippen molar-refractivity contribution < 1.29 is 13.0 Å². The Bertz CT molecular complexity index is 191. The second-order valence-corrected chi connectivity index (χ2v) is 2.59. The van der Waals surface area contributed by atoms with Gasteiger partial charge in [0, 0.05) is 0 Å². The summed E-state index contributed by atoms with van der Waals surface area (Å²) in [6, 6.07) is 0. The van der Waals surface area contributed by atoms with Crippen LogP contribution in [0.4, 0.5) is 0 Å². The molecule has 8 heavy (non-hydrogen) atoms. The van der Waals surface area contributed by atoms with Crippen molar-refractivity contribution >= 4 is 10.1 Å². The molecule has 0 saturated carbocycles. The van der Waals surface area contributed by atoms with E-state index in [0.717, 1.165) is 6.08 Å². The molecule has 0 aliphatic carbocycles. The zero-order valence-electron chi connectivity index (χ0n) is 4.33. The first-order chi connectivity index (χ1) is 3.48. The van der Waals surface area contributed by atoms with Crippen LogP contribution in [0.15, 0.2) is 11.1 Å². The Morgan fingerprint density at radius 3 is 2.12 bits per heavy atom. The molecule has 3 N–H and O–H groups in total. The van der Waals surface area contributed by atoms with Gasteiger partial charge >= 0.3 is 10.1 Å². The topological polar surface area (TPSA) is 80.4 Å². The second-order valence-electron chi connectivity index (χ2n) is 1.17. The van der Waals surface area contributed by atoms with Gasteiger partial charge in [-0.25, -0.2) is 0 Å². The van der Waals surface area contributed by atoms with E-state index in [-0.39, 0.29) is 0 Å². The summed E-state index contributed by atoms with van der Waals surface area (Å²) in [4.78, 5) is 0. The fraction of sp³-hybridized carbons (Fsp3) is 0.333. The van der Waals surface area contributed by atoms with E-state index in [1.165, 1.54) is 6.92 Å². The van der Waals surface area contributed by atoms with Crippen LogP contribution < -0.4 is 5.73 Å². The molecular weight excluding hydrogens is 130 g/mol. The van der Waals surface area contributed by atoms with E-state index in [2.05, 4.69) is 0 Å². The molecule has 0 aliphatic rings. The highest BCUT2D eigenvalue weighted by molar-refractivity contribution is 7.89. The van der Waals surface area contributed by atoms with Crippen molar-refractivity contribution in [2.24, 2.45) is 5.73 Å². The minimum Gasteiger partial charge on any atom is -0.388 e. The van der Waals surface area contributed by atoms with E-state index in [1.807, 2.05) is 0 Å². The van der Waals surface area contributed by atoms with Crippen molar-refractivity contribution in [3.05, 3.63) is 11.1 Å². The first-order valence-corrected chi connectivity index (χ1v) is 3.31. The van der Waals surface area contributed by atoms with Crippen LogP contribution in [0.3, 0.4) is 0 Å². The maximum Gasteiger partial charge on any atom is 0.309 e. The zero-order chi connectivity index (χ0) is 6.78. The van der Waals surface area contributed by atoms with Gasteiger partial charge in [0.15, 0.2) is 0 Å². The van der Waals surface area contributed by atoms with Gasteiger partial charge in [0.2, 0.25) is 0 Å². The summed E-state index contributed by atoms with van der Waals surface area (Å²) in [6.07, 6.45) is 1.11. The molecule has 0 unspecified atom stereocenters. The van der Waals surface area contributed by atoms with Crippen LogP contribution in [-0.2, 0) is 10.1 Å². The van der Waals surface area contributed by atoms with E-state index >= 15 is 0 Å². The fourth-order valence-electron chi connectivity index (χ4n) is 0.149. The first kappa shape index (κ1) is 7.45. The Hall–Kier alpha value is -0.550. The van der Waals surface area contributed by atoms with E-state index < -0.39 is 15.1 Å². The molecule has 0 bridgehead atoms. The molecule has 0 rings (SSSR count). The average molecular weight is 137 g/mol. The van der Waals surface area contributed by atoms with Gasteiger partial charge in [-0.2, -0.15) is 8.42 Å². The van der Waals surface area contributed by atoms with Crippen molar-refractivity contribution in [2.45, 2.75) is 6.92 Å². The van der Waals surface area contributed by atoms with Crippen LogP contribution in [-0.4, -0.2) is 13.0 Å². The van der Waals surface area contributed by atoms with E-state index in [4.69, 9.17) is 10.3 Å². The van der Waals surface area contributed by atoms with Crippen molar-refractivity contribution in [2.75, 3.05) is 0 Å². The molecule has 0 atom stereocenters. The van der Waals surface area contributed by atoms with Gasteiger partial charge in [-0.05, 0) is 6.92 Å². The van der Waals surface area contributed by atoms with E-state index in [9.17, 15) is 8.42 Å². The first-order valence-electron chi connectivity index (χ1n) is 1.87. The third-order valence-corrected chi connectivity index (χ3v) is 1.41. The minimum absolute atomic E-state index is 0.516. The zero-order valence-corrected chi connectivity index (χ0v) is 5.14. The lowest BCUT2D eigenvalue weighted by molar-refractivity contribution is 0.490. The Morgan fingerprint density at radius 1 is 1.75 bits per heavy atom. The molecule has 0 aromatic rings. The largest absolute Gasteiger partial charge is 0.388 e. The number of hydrogen-bond acceptors (Lipinski definition) is 3. The van der Waals surface area contributed by atoms with Gasteiger partial charge in [-0.3, -0.25) is 4.55 Å². The fourth-order valence-corrected chi connectivity index (χ4v) is 0.447. The lowest BCUT2D eigenvalue weighted by Crippen LogP contribution is -2.09. The Labute approximate surface area is 47.7 Å². The molecule has 0 aromatic heterocycles. The lowest BCUT2D eigenvalue weighted by Gasteiger charge is -1.90. The summed E-state index contributed by atoms with van der Waals surface area (Å²) in [7, 11) is -4.11. The summed E-state index contributed by atoms with van der Waals surface area (Å²) in [5.41, 5.74) is 4.77. The molecule has 5 heteroatoms. The number of rotatable bonds is 1. The number of nitrogens with two attached hydrogens (primary N) is 1. The summed E-state index contributed by atoms with van der Waals surface area (Å²) < 4.78 is 27.9. The van der Waals surface area contributed by atoms with Gasteiger partial charge in [0.25, 0.3) is 0 Å². The molecular formula is C3H7NO3S. The molecule has 0 spiro atoms. The van der Waals surface area contributed by atoms with Crippen LogP contribution in [0.5, 0.6) is 0 Å². The highest BCUT2D eigenvalue weighted by Crippen LogP contribution is 1.91. The van der Waals surface area contributed by atoms with Gasteiger partial charge in [0.1, 0.15) is 5.03 Å². The monoisotopic (exact) mass is 137 g/mol. The molecule has 0 saturated heterocycles. The van der Waals surface area contributed by atoms with Crippen LogP contribution >= 0.6 is 0 Å². The van der Waals surface area contributed by atoms with Crippen molar-refractivity contribution in [1.29, 1.82) is 0 Å². The standard InChI is InChI=1S/C3H7NO3S/c1-2-3(4)8(5,6)7/h2H,4H2,1H3,(H,5,6,7)/b3-2+. The molecule has 4 nitrogen and oxygen atoms in total. The maximum atomic E-state index is 9.92. The SMILES string of the molecule is C/C=C(\N)S(=O)(=O)O. The Balaban J connectivity index is 4.55. The van der Waals surface area contributed by atoms with Crippen LogP contribution in [0.1, 0.15) is 6.92 Å². The summed E-state index contributed by atoms with van der Waals surface area (Å²) in [6.45, 7) is 1.42. The van der Waals surface area contributed by atoms with Crippen LogP contribution in [0.25, 0.3) is 0 Å². The average Bonchev–Trinajstić information content (AvgIpc) is 1.62. The molecule has 0 heterocycles. The molecule has 0 aliphatic heterocycles. The molecule has 48 valence electrons. The van der Waals surface area contributed by atoms with Gasteiger partial charge in [0.05, 0.1) is 0 Å². The highest BCUT2D eigenvalue weighted by atomic mass is 32.2. The number of allylic oxidation sites excluding steroid dienone is 1. The predicted molar refractivity (Wildman–Crippen MR) is 29.5 cm³/mol. The Morgan fingerprint density at radius 2 is 2.12 bits per heavy atom.